The van der Waals surface area contributed by atoms with E-state index in [1.165, 1.54) is 11.1 Å². The average molecular weight is 434 g/mol. The normalized spacial score (nSPS) is 23.0. The number of rotatable bonds is 5. The molecule has 2 saturated heterocycles. The van der Waals surface area contributed by atoms with Crippen LogP contribution < -0.4 is 10.9 Å². The van der Waals surface area contributed by atoms with Gasteiger partial charge >= 0.3 is 14.2 Å². The predicted octanol–water partition coefficient (Wildman–Crippen LogP) is 4.07. The van der Waals surface area contributed by atoms with Crippen molar-refractivity contribution in [2.75, 3.05) is 0 Å². The Labute approximate surface area is 194 Å². The van der Waals surface area contributed by atoms with E-state index < -0.39 is 0 Å². The van der Waals surface area contributed by atoms with Crippen molar-refractivity contribution >= 4 is 25.2 Å². The van der Waals surface area contributed by atoms with Crippen molar-refractivity contribution in [3.8, 4) is 0 Å². The van der Waals surface area contributed by atoms with E-state index in [1.54, 1.807) is 0 Å². The molecule has 4 rings (SSSR count). The quantitative estimate of drug-likeness (QED) is 0.666. The summed E-state index contributed by atoms with van der Waals surface area (Å²) in [6.07, 6.45) is 1.97. The number of hydrogen-bond acceptors (Lipinski definition) is 4. The molecule has 2 aromatic rings. The van der Waals surface area contributed by atoms with Crippen LogP contribution in [0.3, 0.4) is 0 Å². The summed E-state index contributed by atoms with van der Waals surface area (Å²) in [5, 5.41) is 0. The van der Waals surface area contributed by atoms with Crippen LogP contribution in [-0.4, -0.2) is 36.6 Å². The van der Waals surface area contributed by atoms with Gasteiger partial charge in [-0.25, -0.2) is 0 Å². The third kappa shape index (κ3) is 4.43. The van der Waals surface area contributed by atoms with E-state index in [4.69, 9.17) is 18.6 Å². The van der Waals surface area contributed by atoms with Crippen LogP contribution in [0.1, 0.15) is 66.5 Å². The first-order valence-corrected chi connectivity index (χ1v) is 11.7. The maximum atomic E-state index is 6.16. The molecule has 170 valence electrons. The molecule has 0 saturated carbocycles. The monoisotopic (exact) mass is 434 g/mol. The first-order chi connectivity index (χ1) is 14.8. The molecule has 0 N–H and O–H groups in total. The van der Waals surface area contributed by atoms with E-state index in [2.05, 4.69) is 104 Å². The molecule has 2 aliphatic heterocycles. The molecule has 2 heterocycles. The standard InChI is InChI=1S/C26H36B2O4/c1-23(2)24(3,4)30-27(29-23)21-15-11-19(12-16-21)9-10-20-13-17-22(18-14-20)28-31-25(5,6)26(7,8)32-28/h11-18H,9-10H2,1-8H3. The topological polar surface area (TPSA) is 36.9 Å². The molecule has 0 unspecified atom stereocenters. The lowest BCUT2D eigenvalue weighted by atomic mass is 9.78. The van der Waals surface area contributed by atoms with Crippen LogP contribution in [-0.2, 0) is 31.5 Å². The molecule has 0 amide bonds. The Balaban J connectivity index is 1.34. The fraction of sp³-hybridized carbons (Fsp3) is 0.538. The first-order valence-electron chi connectivity index (χ1n) is 11.7. The van der Waals surface area contributed by atoms with Crippen molar-refractivity contribution in [2.24, 2.45) is 0 Å². The van der Waals surface area contributed by atoms with E-state index in [9.17, 15) is 0 Å². The SMILES string of the molecule is CC1(C)OB(c2ccc(CCc3ccc(B4OC(C)(C)C(C)(C)O4)cc3)cc2)OC1(C)C. The summed E-state index contributed by atoms with van der Waals surface area (Å²) in [5.41, 5.74) is 3.48. The highest BCUT2D eigenvalue weighted by Gasteiger charge is 2.52. The van der Waals surface area contributed by atoms with E-state index >= 15 is 0 Å². The second-order valence-corrected chi connectivity index (χ2v) is 11.2. The molecule has 2 fully saturated rings. The van der Waals surface area contributed by atoms with Crippen molar-refractivity contribution < 1.29 is 18.6 Å². The Morgan fingerprint density at radius 3 is 0.969 bits per heavy atom. The van der Waals surface area contributed by atoms with Crippen LogP contribution in [0.15, 0.2) is 48.5 Å². The molecule has 0 spiro atoms. The average Bonchev–Trinajstić information content (AvgIpc) is 3.07. The fourth-order valence-corrected chi connectivity index (χ4v) is 3.93. The van der Waals surface area contributed by atoms with Crippen molar-refractivity contribution in [1.29, 1.82) is 0 Å². The van der Waals surface area contributed by atoms with Gasteiger partial charge < -0.3 is 18.6 Å². The first kappa shape index (κ1) is 23.6. The van der Waals surface area contributed by atoms with Gasteiger partial charge in [-0.3, -0.25) is 0 Å². The van der Waals surface area contributed by atoms with Crippen LogP contribution in [0, 0.1) is 0 Å². The van der Waals surface area contributed by atoms with Gasteiger partial charge in [0.15, 0.2) is 0 Å². The second kappa shape index (κ2) is 8.02. The third-order valence-corrected chi connectivity index (χ3v) is 7.71. The van der Waals surface area contributed by atoms with Crippen molar-refractivity contribution in [1.82, 2.24) is 0 Å². The summed E-state index contributed by atoms with van der Waals surface area (Å²) >= 11 is 0. The van der Waals surface area contributed by atoms with E-state index in [0.29, 0.717) is 0 Å². The van der Waals surface area contributed by atoms with E-state index in [1.807, 2.05) is 0 Å². The van der Waals surface area contributed by atoms with Crippen LogP contribution in [0.25, 0.3) is 0 Å². The highest BCUT2D eigenvalue weighted by Crippen LogP contribution is 2.37. The number of hydrogen-bond donors (Lipinski definition) is 0. The Hall–Kier alpha value is -1.59. The minimum absolute atomic E-state index is 0.309. The zero-order chi connectivity index (χ0) is 23.4. The summed E-state index contributed by atoms with van der Waals surface area (Å²) in [6, 6.07) is 17.2. The summed E-state index contributed by atoms with van der Waals surface area (Å²) in [4.78, 5) is 0. The molecule has 0 bridgehead atoms. The molecule has 0 aromatic heterocycles. The van der Waals surface area contributed by atoms with Crippen molar-refractivity contribution in [3.05, 3.63) is 59.7 Å². The molecular weight excluding hydrogens is 398 g/mol. The van der Waals surface area contributed by atoms with Gasteiger partial charge in [0, 0.05) is 0 Å². The van der Waals surface area contributed by atoms with Crippen molar-refractivity contribution in [3.63, 3.8) is 0 Å². The summed E-state index contributed by atoms with van der Waals surface area (Å²) in [7, 11) is -0.617. The number of benzene rings is 2. The lowest BCUT2D eigenvalue weighted by molar-refractivity contribution is 0.00578. The van der Waals surface area contributed by atoms with Crippen LogP contribution in [0.5, 0.6) is 0 Å². The Kier molecular flexibility index (Phi) is 5.90. The summed E-state index contributed by atoms with van der Waals surface area (Å²) in [5.74, 6) is 0. The lowest BCUT2D eigenvalue weighted by Gasteiger charge is -2.32. The molecule has 2 aromatic carbocycles. The van der Waals surface area contributed by atoms with Crippen LogP contribution in [0.4, 0.5) is 0 Å². The minimum Gasteiger partial charge on any atom is -0.399 e. The zero-order valence-corrected chi connectivity index (χ0v) is 20.8. The van der Waals surface area contributed by atoms with Gasteiger partial charge in [-0.2, -0.15) is 0 Å². The molecule has 0 atom stereocenters. The summed E-state index contributed by atoms with van der Waals surface area (Å²) < 4.78 is 24.6. The molecular formula is C26H36B2O4. The fourth-order valence-electron chi connectivity index (χ4n) is 3.93. The van der Waals surface area contributed by atoms with E-state index in [0.717, 1.165) is 23.8 Å². The highest BCUT2D eigenvalue weighted by atomic mass is 16.7. The largest absolute Gasteiger partial charge is 0.494 e. The third-order valence-electron chi connectivity index (χ3n) is 7.71. The zero-order valence-electron chi connectivity index (χ0n) is 20.8. The molecule has 2 aliphatic rings. The van der Waals surface area contributed by atoms with Gasteiger partial charge in [0.25, 0.3) is 0 Å². The van der Waals surface area contributed by atoms with Crippen molar-refractivity contribution in [2.45, 2.75) is 90.6 Å². The summed E-state index contributed by atoms with van der Waals surface area (Å²) in [6.45, 7) is 16.7. The van der Waals surface area contributed by atoms with E-state index in [-0.39, 0.29) is 36.6 Å². The smallest absolute Gasteiger partial charge is 0.399 e. The Morgan fingerprint density at radius 2 is 0.719 bits per heavy atom. The highest BCUT2D eigenvalue weighted by molar-refractivity contribution is 6.62. The Bertz CT molecular complexity index is 837. The second-order valence-electron chi connectivity index (χ2n) is 11.2. The van der Waals surface area contributed by atoms with Gasteiger partial charge in [-0.05, 0) is 90.3 Å². The Morgan fingerprint density at radius 1 is 0.469 bits per heavy atom. The van der Waals surface area contributed by atoms with Gasteiger partial charge in [-0.15, -0.1) is 0 Å². The van der Waals surface area contributed by atoms with Gasteiger partial charge in [0.05, 0.1) is 22.4 Å². The molecule has 4 nitrogen and oxygen atoms in total. The maximum Gasteiger partial charge on any atom is 0.494 e. The lowest BCUT2D eigenvalue weighted by Crippen LogP contribution is -2.41. The van der Waals surface area contributed by atoms with Gasteiger partial charge in [0.2, 0.25) is 0 Å². The van der Waals surface area contributed by atoms with Crippen LogP contribution >= 0.6 is 0 Å². The predicted molar refractivity (Wildman–Crippen MR) is 132 cm³/mol. The van der Waals surface area contributed by atoms with Crippen LogP contribution in [0.2, 0.25) is 0 Å². The van der Waals surface area contributed by atoms with Gasteiger partial charge in [-0.1, -0.05) is 48.5 Å². The molecule has 6 heteroatoms. The van der Waals surface area contributed by atoms with Gasteiger partial charge in [0.1, 0.15) is 0 Å². The molecule has 32 heavy (non-hydrogen) atoms. The number of aryl methyl sites for hydroxylation is 2. The molecule has 0 radical (unpaired) electrons. The molecule has 0 aliphatic carbocycles. The minimum atomic E-state index is -0.317. The maximum absolute atomic E-state index is 6.16.